The summed E-state index contributed by atoms with van der Waals surface area (Å²) >= 11 is 6.16. The standard InChI is InChI=1S/C22H28ClN7/c1-28-21-19(15-24-28)20(25-17-7-5-6-16(23)14-17)26-22(27-21)30-12-8-18(9-13-30)29-10-3-2-4-11-29/h5-7,14-15,18H,2-4,8-13H2,1H3,(H,25,26,27). The Morgan fingerprint density at radius 2 is 1.83 bits per heavy atom. The average molecular weight is 426 g/mol. The molecule has 3 aromatic rings. The van der Waals surface area contributed by atoms with E-state index in [4.69, 9.17) is 21.6 Å². The molecule has 8 heteroatoms. The number of aryl methyl sites for hydroxylation is 1. The first-order valence-corrected chi connectivity index (χ1v) is 11.3. The molecule has 2 saturated heterocycles. The van der Waals surface area contributed by atoms with E-state index in [1.807, 2.05) is 42.2 Å². The van der Waals surface area contributed by atoms with Gasteiger partial charge in [-0.2, -0.15) is 15.1 Å². The predicted molar refractivity (Wildman–Crippen MR) is 122 cm³/mol. The lowest BCUT2D eigenvalue weighted by molar-refractivity contribution is 0.141. The van der Waals surface area contributed by atoms with Crippen LogP contribution in [0, 0.1) is 0 Å². The molecule has 2 fully saturated rings. The second-order valence-electron chi connectivity index (χ2n) is 8.33. The summed E-state index contributed by atoms with van der Waals surface area (Å²) in [7, 11) is 1.92. The highest BCUT2D eigenvalue weighted by Crippen LogP contribution is 2.29. The second-order valence-corrected chi connectivity index (χ2v) is 8.76. The predicted octanol–water partition coefficient (Wildman–Crippen LogP) is 4.22. The van der Waals surface area contributed by atoms with Gasteiger partial charge in [0.15, 0.2) is 5.65 Å². The van der Waals surface area contributed by atoms with Crippen molar-refractivity contribution >= 4 is 40.1 Å². The van der Waals surface area contributed by atoms with Gasteiger partial charge in [0.2, 0.25) is 5.95 Å². The molecule has 2 aliphatic heterocycles. The van der Waals surface area contributed by atoms with Gasteiger partial charge in [-0.15, -0.1) is 0 Å². The fraction of sp³-hybridized carbons (Fsp3) is 0.500. The SMILES string of the molecule is Cn1ncc2c(Nc3cccc(Cl)c3)nc(N3CCC(N4CCCCC4)CC3)nc21. The zero-order valence-corrected chi connectivity index (χ0v) is 18.1. The van der Waals surface area contributed by atoms with E-state index in [9.17, 15) is 0 Å². The van der Waals surface area contributed by atoms with E-state index in [1.54, 1.807) is 0 Å². The van der Waals surface area contributed by atoms with E-state index in [0.29, 0.717) is 11.1 Å². The Morgan fingerprint density at radius 3 is 2.60 bits per heavy atom. The van der Waals surface area contributed by atoms with Crippen LogP contribution in [0.25, 0.3) is 11.0 Å². The molecule has 2 aromatic heterocycles. The summed E-state index contributed by atoms with van der Waals surface area (Å²) in [6, 6.07) is 8.38. The Kier molecular flexibility index (Phi) is 5.48. The van der Waals surface area contributed by atoms with Crippen LogP contribution in [-0.4, -0.2) is 56.9 Å². The molecule has 0 amide bonds. The summed E-state index contributed by atoms with van der Waals surface area (Å²) in [5.41, 5.74) is 1.74. The molecule has 0 radical (unpaired) electrons. The number of nitrogens with one attached hydrogen (secondary N) is 1. The topological polar surface area (TPSA) is 62.1 Å². The fourth-order valence-electron chi connectivity index (χ4n) is 4.66. The lowest BCUT2D eigenvalue weighted by Crippen LogP contribution is -2.47. The number of halogens is 1. The minimum Gasteiger partial charge on any atom is -0.341 e. The molecule has 30 heavy (non-hydrogen) atoms. The van der Waals surface area contributed by atoms with Gasteiger partial charge in [-0.1, -0.05) is 24.1 Å². The number of fused-ring (bicyclic) bond motifs is 1. The van der Waals surface area contributed by atoms with Gasteiger partial charge in [0.05, 0.1) is 11.6 Å². The summed E-state index contributed by atoms with van der Waals surface area (Å²) in [5.74, 6) is 1.54. The van der Waals surface area contributed by atoms with E-state index in [-0.39, 0.29) is 0 Å². The molecule has 7 nitrogen and oxygen atoms in total. The average Bonchev–Trinajstić information content (AvgIpc) is 3.16. The molecular formula is C22H28ClN7. The minimum absolute atomic E-state index is 0.691. The molecule has 1 aromatic carbocycles. The third-order valence-electron chi connectivity index (χ3n) is 6.32. The van der Waals surface area contributed by atoms with Crippen LogP contribution in [0.15, 0.2) is 30.5 Å². The van der Waals surface area contributed by atoms with Crippen LogP contribution in [0.4, 0.5) is 17.5 Å². The number of piperidine rings is 2. The van der Waals surface area contributed by atoms with Crippen molar-refractivity contribution in [2.75, 3.05) is 36.4 Å². The van der Waals surface area contributed by atoms with Gasteiger partial charge in [0, 0.05) is 36.9 Å². The Bertz CT molecular complexity index is 1020. The van der Waals surface area contributed by atoms with Gasteiger partial charge in [-0.05, 0) is 57.0 Å². The Labute approximate surface area is 182 Å². The largest absolute Gasteiger partial charge is 0.341 e. The number of nitrogens with zero attached hydrogens (tertiary/aromatic N) is 6. The van der Waals surface area contributed by atoms with Crippen LogP contribution in [0.1, 0.15) is 32.1 Å². The van der Waals surface area contributed by atoms with Gasteiger partial charge >= 0.3 is 0 Å². The van der Waals surface area contributed by atoms with Gasteiger partial charge in [-0.25, -0.2) is 0 Å². The van der Waals surface area contributed by atoms with Crippen LogP contribution in [0.2, 0.25) is 5.02 Å². The number of rotatable bonds is 4. The maximum atomic E-state index is 6.16. The summed E-state index contributed by atoms with van der Waals surface area (Å²) in [4.78, 5) is 14.8. The summed E-state index contributed by atoms with van der Waals surface area (Å²) in [6.07, 6.45) is 8.23. The number of hydrogen-bond donors (Lipinski definition) is 1. The normalized spacial score (nSPS) is 18.8. The number of likely N-dealkylation sites (tertiary alicyclic amines) is 1. The van der Waals surface area contributed by atoms with Crippen molar-refractivity contribution in [1.29, 1.82) is 0 Å². The summed E-state index contributed by atoms with van der Waals surface area (Å²) in [5, 5.41) is 9.41. The quantitative estimate of drug-likeness (QED) is 0.675. The monoisotopic (exact) mass is 425 g/mol. The number of aromatic nitrogens is 4. The smallest absolute Gasteiger partial charge is 0.229 e. The van der Waals surface area contributed by atoms with Crippen molar-refractivity contribution < 1.29 is 0 Å². The maximum Gasteiger partial charge on any atom is 0.229 e. The van der Waals surface area contributed by atoms with E-state index in [1.165, 1.54) is 45.2 Å². The van der Waals surface area contributed by atoms with Crippen molar-refractivity contribution in [2.24, 2.45) is 7.05 Å². The Hall–Kier alpha value is -2.38. The molecule has 0 unspecified atom stereocenters. The summed E-state index contributed by atoms with van der Waals surface area (Å²) in [6.45, 7) is 4.49. The second kappa shape index (κ2) is 8.40. The van der Waals surface area contributed by atoms with Gasteiger partial charge in [-0.3, -0.25) is 4.68 Å². The molecule has 2 aliphatic rings. The lowest BCUT2D eigenvalue weighted by Gasteiger charge is -2.40. The molecule has 4 heterocycles. The Morgan fingerprint density at radius 1 is 1.03 bits per heavy atom. The van der Waals surface area contributed by atoms with E-state index >= 15 is 0 Å². The van der Waals surface area contributed by atoms with Crippen LogP contribution in [-0.2, 0) is 7.05 Å². The third kappa shape index (κ3) is 3.96. The van der Waals surface area contributed by atoms with E-state index < -0.39 is 0 Å². The van der Waals surface area contributed by atoms with E-state index in [2.05, 4.69) is 20.2 Å². The maximum absolute atomic E-state index is 6.16. The number of anilines is 3. The molecule has 5 rings (SSSR count). The first kappa shape index (κ1) is 19.6. The minimum atomic E-state index is 0.691. The van der Waals surface area contributed by atoms with Crippen LogP contribution in [0.5, 0.6) is 0 Å². The van der Waals surface area contributed by atoms with Gasteiger partial charge < -0.3 is 15.1 Å². The van der Waals surface area contributed by atoms with Crippen molar-refractivity contribution in [2.45, 2.75) is 38.1 Å². The first-order chi connectivity index (χ1) is 14.7. The number of benzene rings is 1. The zero-order chi connectivity index (χ0) is 20.5. The first-order valence-electron chi connectivity index (χ1n) is 10.9. The third-order valence-corrected chi connectivity index (χ3v) is 6.56. The van der Waals surface area contributed by atoms with Crippen LogP contribution < -0.4 is 10.2 Å². The van der Waals surface area contributed by atoms with Crippen molar-refractivity contribution in [3.63, 3.8) is 0 Å². The molecule has 0 saturated carbocycles. The highest BCUT2D eigenvalue weighted by Gasteiger charge is 2.27. The lowest BCUT2D eigenvalue weighted by atomic mass is 10.0. The summed E-state index contributed by atoms with van der Waals surface area (Å²) < 4.78 is 1.81. The van der Waals surface area contributed by atoms with Crippen molar-refractivity contribution in [1.82, 2.24) is 24.6 Å². The van der Waals surface area contributed by atoms with Gasteiger partial charge in [0.1, 0.15) is 5.82 Å². The molecule has 0 atom stereocenters. The zero-order valence-electron chi connectivity index (χ0n) is 17.4. The highest BCUT2D eigenvalue weighted by atomic mass is 35.5. The Balaban J connectivity index is 1.39. The van der Waals surface area contributed by atoms with Crippen LogP contribution >= 0.6 is 11.6 Å². The fourth-order valence-corrected chi connectivity index (χ4v) is 4.86. The van der Waals surface area contributed by atoms with Crippen molar-refractivity contribution in [3.8, 4) is 0 Å². The molecule has 0 bridgehead atoms. The molecule has 0 aliphatic carbocycles. The van der Waals surface area contributed by atoms with Crippen molar-refractivity contribution in [3.05, 3.63) is 35.5 Å². The highest BCUT2D eigenvalue weighted by molar-refractivity contribution is 6.30. The number of hydrogen-bond acceptors (Lipinski definition) is 6. The molecule has 0 spiro atoms. The molecule has 1 N–H and O–H groups in total. The van der Waals surface area contributed by atoms with Gasteiger partial charge in [0.25, 0.3) is 0 Å². The molecular weight excluding hydrogens is 398 g/mol. The van der Waals surface area contributed by atoms with Crippen LogP contribution in [0.3, 0.4) is 0 Å². The van der Waals surface area contributed by atoms with E-state index in [0.717, 1.165) is 41.6 Å². The molecule has 158 valence electrons.